The molecular weight excluding hydrogens is 404 g/mol. The van der Waals surface area contributed by atoms with Crippen molar-refractivity contribution in [3.63, 3.8) is 0 Å². The highest BCUT2D eigenvalue weighted by Crippen LogP contribution is 2.40. The molecule has 0 saturated carbocycles. The van der Waals surface area contributed by atoms with Gasteiger partial charge in [0.2, 0.25) is 0 Å². The zero-order valence-corrected chi connectivity index (χ0v) is 17.6. The molecule has 0 spiro atoms. The average molecular weight is 429 g/mol. The molecule has 0 aromatic heterocycles. The van der Waals surface area contributed by atoms with Gasteiger partial charge in [0.05, 0.1) is 6.61 Å². The molecule has 31 heavy (non-hydrogen) atoms. The van der Waals surface area contributed by atoms with Gasteiger partial charge in [0, 0.05) is 13.7 Å². The maximum atomic E-state index is 13.3. The van der Waals surface area contributed by atoms with Crippen LogP contribution in [0.2, 0.25) is 0 Å². The van der Waals surface area contributed by atoms with E-state index in [4.69, 9.17) is 10.5 Å². The summed E-state index contributed by atoms with van der Waals surface area (Å²) in [6.07, 6.45) is 1.96. The molecule has 8 heteroatoms. The maximum absolute atomic E-state index is 13.3. The molecule has 2 aromatic rings. The maximum Gasteiger partial charge on any atom is 0.387 e. The van der Waals surface area contributed by atoms with Crippen molar-refractivity contribution in [2.75, 3.05) is 20.3 Å². The predicted octanol–water partition coefficient (Wildman–Crippen LogP) is 3.76. The first kappa shape index (κ1) is 22.4. The number of hydrogen-bond acceptors (Lipinski definition) is 5. The number of likely N-dealkylation sites (N-methyl/N-ethyl adjacent to an activating group) is 1. The van der Waals surface area contributed by atoms with Crippen LogP contribution in [0.5, 0.6) is 5.75 Å². The number of amides is 1. The first-order chi connectivity index (χ1) is 14.8. The van der Waals surface area contributed by atoms with Gasteiger partial charge in [-0.1, -0.05) is 36.4 Å². The molecule has 1 unspecified atom stereocenters. The minimum atomic E-state index is -2.93. The summed E-state index contributed by atoms with van der Waals surface area (Å²) in [6.45, 7) is 2.05. The van der Waals surface area contributed by atoms with Crippen molar-refractivity contribution in [3.05, 3.63) is 71.3 Å². The fourth-order valence-electron chi connectivity index (χ4n) is 3.47. The van der Waals surface area contributed by atoms with Gasteiger partial charge in [-0.05, 0) is 54.3 Å². The second kappa shape index (κ2) is 9.26. The Hall–Kier alpha value is -3.26. The lowest BCUT2D eigenvalue weighted by Gasteiger charge is -2.26. The molecule has 0 aliphatic carbocycles. The zero-order valence-electron chi connectivity index (χ0n) is 17.6. The molecule has 6 nitrogen and oxygen atoms in total. The fraction of sp³-hybridized carbons (Fsp3) is 0.304. The monoisotopic (exact) mass is 429 g/mol. The SMILES string of the molecule is CCOC/C=C(\C)c1cccc(C2(c3ccc(OC(F)F)cc3)N=C(N)N(C)C2=O)c1. The highest BCUT2D eigenvalue weighted by Gasteiger charge is 2.49. The Morgan fingerprint density at radius 3 is 2.52 bits per heavy atom. The van der Waals surface area contributed by atoms with Crippen LogP contribution < -0.4 is 10.5 Å². The molecule has 0 bridgehead atoms. The molecule has 0 fully saturated rings. The summed E-state index contributed by atoms with van der Waals surface area (Å²) in [5.41, 5.74) is 7.59. The van der Waals surface area contributed by atoms with E-state index >= 15 is 0 Å². The van der Waals surface area contributed by atoms with E-state index in [-0.39, 0.29) is 17.6 Å². The normalized spacial score (nSPS) is 19.2. The zero-order chi connectivity index (χ0) is 22.6. The number of carbonyl (C=O) groups is 1. The van der Waals surface area contributed by atoms with E-state index in [1.807, 2.05) is 38.1 Å². The molecule has 0 radical (unpaired) electrons. The molecule has 1 heterocycles. The summed E-state index contributed by atoms with van der Waals surface area (Å²) in [6, 6.07) is 13.3. The summed E-state index contributed by atoms with van der Waals surface area (Å²) in [7, 11) is 1.55. The summed E-state index contributed by atoms with van der Waals surface area (Å²) in [5, 5.41) is 0. The molecule has 1 atom stereocenters. The van der Waals surface area contributed by atoms with Gasteiger partial charge in [-0.2, -0.15) is 8.78 Å². The van der Waals surface area contributed by atoms with Crippen LogP contribution in [0, 0.1) is 0 Å². The summed E-state index contributed by atoms with van der Waals surface area (Å²) < 4.78 is 34.9. The number of nitrogens with two attached hydrogens (primary N) is 1. The smallest absolute Gasteiger partial charge is 0.387 e. The lowest BCUT2D eigenvalue weighted by atomic mass is 9.81. The van der Waals surface area contributed by atoms with E-state index in [9.17, 15) is 13.6 Å². The lowest BCUT2D eigenvalue weighted by molar-refractivity contribution is -0.129. The topological polar surface area (TPSA) is 77.2 Å². The molecule has 3 rings (SSSR count). The van der Waals surface area contributed by atoms with Crippen molar-refractivity contribution in [1.29, 1.82) is 0 Å². The number of rotatable bonds is 8. The van der Waals surface area contributed by atoms with Crippen molar-refractivity contribution in [3.8, 4) is 5.75 Å². The second-order valence-corrected chi connectivity index (χ2v) is 7.07. The summed E-state index contributed by atoms with van der Waals surface area (Å²) in [5.74, 6) is -0.263. The van der Waals surface area contributed by atoms with Gasteiger partial charge in [-0.3, -0.25) is 9.69 Å². The van der Waals surface area contributed by atoms with Gasteiger partial charge in [0.1, 0.15) is 5.75 Å². The van der Waals surface area contributed by atoms with Crippen molar-refractivity contribution in [1.82, 2.24) is 4.90 Å². The van der Waals surface area contributed by atoms with Crippen molar-refractivity contribution >= 4 is 17.4 Å². The molecule has 1 aliphatic rings. The number of carbonyl (C=O) groups excluding carboxylic acids is 1. The number of hydrogen-bond donors (Lipinski definition) is 1. The van der Waals surface area contributed by atoms with Gasteiger partial charge in [-0.25, -0.2) is 4.99 Å². The number of alkyl halides is 2. The van der Waals surface area contributed by atoms with E-state index in [2.05, 4.69) is 9.73 Å². The summed E-state index contributed by atoms with van der Waals surface area (Å²) >= 11 is 0. The number of benzene rings is 2. The van der Waals surface area contributed by atoms with Crippen LogP contribution in [0.25, 0.3) is 5.57 Å². The largest absolute Gasteiger partial charge is 0.435 e. The minimum Gasteiger partial charge on any atom is -0.435 e. The molecule has 1 aliphatic heterocycles. The van der Waals surface area contributed by atoms with E-state index in [0.717, 1.165) is 11.1 Å². The van der Waals surface area contributed by atoms with E-state index < -0.39 is 12.2 Å². The molecule has 2 N–H and O–H groups in total. The third-order valence-electron chi connectivity index (χ3n) is 5.18. The van der Waals surface area contributed by atoms with Crippen molar-refractivity contribution < 1.29 is 23.0 Å². The number of ether oxygens (including phenoxy) is 2. The Morgan fingerprint density at radius 1 is 1.23 bits per heavy atom. The Labute approximate surface area is 180 Å². The van der Waals surface area contributed by atoms with Crippen LogP contribution in [0.3, 0.4) is 0 Å². The highest BCUT2D eigenvalue weighted by atomic mass is 19.3. The number of allylic oxidation sites excluding steroid dienone is 1. The molecule has 0 saturated heterocycles. The first-order valence-corrected chi connectivity index (χ1v) is 9.83. The molecule has 164 valence electrons. The third-order valence-corrected chi connectivity index (χ3v) is 5.18. The Kier molecular flexibility index (Phi) is 6.70. The van der Waals surface area contributed by atoms with Crippen LogP contribution in [-0.2, 0) is 15.1 Å². The van der Waals surface area contributed by atoms with Crippen molar-refractivity contribution in [2.24, 2.45) is 10.7 Å². The standard InChI is InChI=1S/C23H25F2N3O3/c1-4-30-13-12-15(2)16-6-5-7-18(14-16)23(20(29)28(3)22(26)27-23)17-8-10-19(11-9-17)31-21(24)25/h5-12,14,21H,4,13H2,1-3H3,(H2,26,27)/b15-12+. The number of halogens is 2. The molecule has 2 aromatic carbocycles. The number of guanidine groups is 1. The van der Waals surface area contributed by atoms with E-state index in [1.165, 1.54) is 17.0 Å². The van der Waals surface area contributed by atoms with Crippen molar-refractivity contribution in [2.45, 2.75) is 26.0 Å². The summed E-state index contributed by atoms with van der Waals surface area (Å²) in [4.78, 5) is 19.2. The second-order valence-electron chi connectivity index (χ2n) is 7.07. The van der Waals surface area contributed by atoms with Crippen LogP contribution >= 0.6 is 0 Å². The predicted molar refractivity (Wildman–Crippen MR) is 115 cm³/mol. The van der Waals surface area contributed by atoms with Crippen LogP contribution in [0.1, 0.15) is 30.5 Å². The Bertz CT molecular complexity index is 1010. The van der Waals surface area contributed by atoms with Crippen LogP contribution in [-0.4, -0.2) is 43.6 Å². The fourth-order valence-corrected chi connectivity index (χ4v) is 3.47. The lowest BCUT2D eigenvalue weighted by Crippen LogP contribution is -2.41. The number of aliphatic imine (C=N–C) groups is 1. The molecular formula is C23H25F2N3O3. The van der Waals surface area contributed by atoms with Gasteiger partial charge in [0.15, 0.2) is 11.5 Å². The number of nitrogens with zero attached hydrogens (tertiary/aromatic N) is 2. The minimum absolute atomic E-state index is 0.00638. The van der Waals surface area contributed by atoms with Gasteiger partial charge in [-0.15, -0.1) is 0 Å². The van der Waals surface area contributed by atoms with Crippen LogP contribution in [0.4, 0.5) is 8.78 Å². The quantitative estimate of drug-likeness (QED) is 0.649. The Balaban J connectivity index is 2.09. The highest BCUT2D eigenvalue weighted by molar-refractivity contribution is 6.09. The van der Waals surface area contributed by atoms with Gasteiger partial charge in [0.25, 0.3) is 5.91 Å². The van der Waals surface area contributed by atoms with Crippen LogP contribution in [0.15, 0.2) is 59.6 Å². The van der Waals surface area contributed by atoms with E-state index in [0.29, 0.717) is 24.3 Å². The first-order valence-electron chi connectivity index (χ1n) is 9.83. The van der Waals surface area contributed by atoms with Gasteiger partial charge >= 0.3 is 6.61 Å². The third kappa shape index (κ3) is 4.44. The average Bonchev–Trinajstić information content (AvgIpc) is 2.99. The Morgan fingerprint density at radius 2 is 1.94 bits per heavy atom. The molecule has 1 amide bonds. The van der Waals surface area contributed by atoms with Gasteiger partial charge < -0.3 is 15.2 Å². The van der Waals surface area contributed by atoms with E-state index in [1.54, 1.807) is 25.2 Å².